The van der Waals surface area contributed by atoms with Crippen molar-refractivity contribution < 1.29 is 23.5 Å². The standard InChI is InChI=1S/C22H29FN8O4/c1-4-24-19-26-20(28-21(27-19)34-3)30-9-7-29(8-10-30)18-6-5-15(11-17(18)23)31-13-16(35-22(31)33)12-25-14(2)32/h5-6,11,16H,4,7-10,12-13H2,1-3H3,(H,25,32)(H,24,26,27,28)/t16-/m0/s1. The maximum atomic E-state index is 15.1. The van der Waals surface area contributed by atoms with Crippen molar-refractivity contribution in [2.45, 2.75) is 20.0 Å². The quantitative estimate of drug-likeness (QED) is 0.561. The number of nitrogens with one attached hydrogen (secondary N) is 2. The SMILES string of the molecule is CCNc1nc(OC)nc(N2CCN(c3ccc(N4C[C@H](CNC(C)=O)OC4=O)cc3F)CC2)n1. The van der Waals surface area contributed by atoms with Gasteiger partial charge in [0, 0.05) is 39.6 Å². The van der Waals surface area contributed by atoms with Crippen molar-refractivity contribution in [1.82, 2.24) is 20.3 Å². The number of halogens is 1. The average Bonchev–Trinajstić information content (AvgIpc) is 3.23. The predicted octanol–water partition coefficient (Wildman–Crippen LogP) is 1.24. The van der Waals surface area contributed by atoms with Crippen molar-refractivity contribution in [3.8, 4) is 6.01 Å². The van der Waals surface area contributed by atoms with Crippen molar-refractivity contribution >= 4 is 35.3 Å². The van der Waals surface area contributed by atoms with E-state index in [0.717, 1.165) is 0 Å². The van der Waals surface area contributed by atoms with Gasteiger partial charge in [-0.15, -0.1) is 0 Å². The topological polar surface area (TPSA) is 125 Å². The lowest BCUT2D eigenvalue weighted by molar-refractivity contribution is -0.119. The molecule has 1 atom stereocenters. The number of carbonyl (C=O) groups excluding carboxylic acids is 2. The molecule has 2 aliphatic rings. The van der Waals surface area contributed by atoms with Gasteiger partial charge in [-0.2, -0.15) is 15.0 Å². The van der Waals surface area contributed by atoms with Crippen LogP contribution in [0, 0.1) is 5.82 Å². The molecule has 0 spiro atoms. The van der Waals surface area contributed by atoms with Crippen LogP contribution in [0.5, 0.6) is 6.01 Å². The largest absolute Gasteiger partial charge is 0.467 e. The Bertz CT molecular complexity index is 1080. The van der Waals surface area contributed by atoms with Crippen LogP contribution in [0.1, 0.15) is 13.8 Å². The van der Waals surface area contributed by atoms with Gasteiger partial charge in [0.25, 0.3) is 0 Å². The van der Waals surface area contributed by atoms with Crippen LogP contribution in [0.15, 0.2) is 18.2 Å². The van der Waals surface area contributed by atoms with Gasteiger partial charge >= 0.3 is 12.1 Å². The van der Waals surface area contributed by atoms with Crippen LogP contribution in [0.4, 0.5) is 32.5 Å². The number of ether oxygens (including phenoxy) is 2. The van der Waals surface area contributed by atoms with Crippen molar-refractivity contribution in [3.63, 3.8) is 0 Å². The molecule has 35 heavy (non-hydrogen) atoms. The van der Waals surface area contributed by atoms with Crippen molar-refractivity contribution in [2.75, 3.05) is 72.9 Å². The highest BCUT2D eigenvalue weighted by Gasteiger charge is 2.33. The Hall–Kier alpha value is -3.90. The Labute approximate surface area is 202 Å². The highest BCUT2D eigenvalue weighted by atomic mass is 19.1. The van der Waals surface area contributed by atoms with Gasteiger partial charge in [0.15, 0.2) is 0 Å². The molecule has 2 aliphatic heterocycles. The minimum absolute atomic E-state index is 0.206. The van der Waals surface area contributed by atoms with Gasteiger partial charge in [0.2, 0.25) is 17.8 Å². The number of rotatable bonds is 8. The smallest absolute Gasteiger partial charge is 0.414 e. The summed E-state index contributed by atoms with van der Waals surface area (Å²) in [7, 11) is 1.50. The Morgan fingerprint density at radius 3 is 2.60 bits per heavy atom. The first kappa shape index (κ1) is 24.2. The van der Waals surface area contributed by atoms with Gasteiger partial charge in [-0.3, -0.25) is 9.69 Å². The van der Waals surface area contributed by atoms with Crippen LogP contribution in [0.25, 0.3) is 0 Å². The molecule has 188 valence electrons. The molecule has 2 fully saturated rings. The lowest BCUT2D eigenvalue weighted by Gasteiger charge is -2.36. The molecule has 0 bridgehead atoms. The number of nitrogens with zero attached hydrogens (tertiary/aromatic N) is 6. The van der Waals surface area contributed by atoms with Gasteiger partial charge in [-0.25, -0.2) is 9.18 Å². The molecule has 3 heterocycles. The fraction of sp³-hybridized carbons (Fsp3) is 0.500. The highest BCUT2D eigenvalue weighted by Crippen LogP contribution is 2.29. The highest BCUT2D eigenvalue weighted by molar-refractivity contribution is 5.90. The summed E-state index contributed by atoms with van der Waals surface area (Å²) in [6, 6.07) is 4.94. The first-order chi connectivity index (χ1) is 16.9. The molecule has 0 saturated carbocycles. The van der Waals surface area contributed by atoms with Crippen LogP contribution >= 0.6 is 0 Å². The number of anilines is 4. The molecule has 4 rings (SSSR count). The molecule has 0 radical (unpaired) electrons. The number of aromatic nitrogens is 3. The van der Waals surface area contributed by atoms with E-state index in [1.54, 1.807) is 12.1 Å². The maximum Gasteiger partial charge on any atom is 0.414 e. The summed E-state index contributed by atoms with van der Waals surface area (Å²) in [5.41, 5.74) is 0.866. The predicted molar refractivity (Wildman–Crippen MR) is 128 cm³/mol. The van der Waals surface area contributed by atoms with E-state index in [2.05, 4.69) is 25.6 Å². The molecule has 1 aromatic carbocycles. The third-order valence-corrected chi connectivity index (χ3v) is 5.72. The van der Waals surface area contributed by atoms with E-state index in [1.807, 2.05) is 16.7 Å². The molecule has 2 N–H and O–H groups in total. The van der Waals surface area contributed by atoms with Crippen LogP contribution in [-0.4, -0.2) is 86.0 Å². The maximum absolute atomic E-state index is 15.1. The van der Waals surface area contributed by atoms with E-state index in [1.165, 1.54) is 25.0 Å². The number of cyclic esters (lactones) is 1. The summed E-state index contributed by atoms with van der Waals surface area (Å²) in [5.74, 6) is 0.316. The van der Waals surface area contributed by atoms with E-state index < -0.39 is 18.0 Å². The lowest BCUT2D eigenvalue weighted by Crippen LogP contribution is -2.47. The second-order valence-corrected chi connectivity index (χ2v) is 8.14. The summed E-state index contributed by atoms with van der Waals surface area (Å²) in [6.07, 6.45) is -1.05. The number of benzene rings is 1. The minimum Gasteiger partial charge on any atom is -0.467 e. The number of carbonyl (C=O) groups is 2. The first-order valence-electron chi connectivity index (χ1n) is 11.4. The molecular formula is C22H29FN8O4. The minimum atomic E-state index is -0.564. The van der Waals surface area contributed by atoms with Crippen LogP contribution in [0.3, 0.4) is 0 Å². The Morgan fingerprint density at radius 1 is 1.20 bits per heavy atom. The molecule has 2 saturated heterocycles. The fourth-order valence-electron chi connectivity index (χ4n) is 3.98. The summed E-state index contributed by atoms with van der Waals surface area (Å²) in [4.78, 5) is 41.6. The number of hydrogen-bond acceptors (Lipinski definition) is 10. The molecule has 12 nitrogen and oxygen atoms in total. The summed E-state index contributed by atoms with van der Waals surface area (Å²) in [6.45, 7) is 6.76. The van der Waals surface area contributed by atoms with E-state index >= 15 is 4.39 Å². The van der Waals surface area contributed by atoms with Gasteiger partial charge in [0.05, 0.1) is 31.6 Å². The van der Waals surface area contributed by atoms with Gasteiger partial charge < -0.3 is 29.9 Å². The van der Waals surface area contributed by atoms with Gasteiger partial charge in [0.1, 0.15) is 11.9 Å². The Balaban J connectivity index is 1.40. The average molecular weight is 489 g/mol. The third-order valence-electron chi connectivity index (χ3n) is 5.72. The van der Waals surface area contributed by atoms with Gasteiger partial charge in [-0.1, -0.05) is 0 Å². The zero-order valence-electron chi connectivity index (χ0n) is 20.0. The summed E-state index contributed by atoms with van der Waals surface area (Å²) >= 11 is 0. The lowest BCUT2D eigenvalue weighted by atomic mass is 10.2. The summed E-state index contributed by atoms with van der Waals surface area (Å²) in [5, 5.41) is 5.69. The molecule has 13 heteroatoms. The second kappa shape index (κ2) is 10.6. The van der Waals surface area contributed by atoms with Crippen LogP contribution < -0.4 is 30.1 Å². The fourth-order valence-corrected chi connectivity index (χ4v) is 3.98. The zero-order valence-corrected chi connectivity index (χ0v) is 20.0. The van der Waals surface area contributed by atoms with E-state index in [9.17, 15) is 9.59 Å². The number of amides is 2. The van der Waals surface area contributed by atoms with Crippen molar-refractivity contribution in [1.29, 1.82) is 0 Å². The molecule has 0 unspecified atom stereocenters. The number of hydrogen-bond donors (Lipinski definition) is 2. The molecule has 2 amide bonds. The third kappa shape index (κ3) is 5.61. The Morgan fingerprint density at radius 2 is 1.94 bits per heavy atom. The van der Waals surface area contributed by atoms with Crippen LogP contribution in [0.2, 0.25) is 0 Å². The number of piperazine rings is 1. The van der Waals surface area contributed by atoms with Gasteiger partial charge in [-0.05, 0) is 25.1 Å². The molecular weight excluding hydrogens is 459 g/mol. The normalized spacial score (nSPS) is 17.9. The van der Waals surface area contributed by atoms with E-state index in [-0.39, 0.29) is 25.0 Å². The second-order valence-electron chi connectivity index (χ2n) is 8.14. The monoisotopic (exact) mass is 488 g/mol. The van der Waals surface area contributed by atoms with E-state index in [4.69, 9.17) is 9.47 Å². The molecule has 1 aromatic heterocycles. The summed E-state index contributed by atoms with van der Waals surface area (Å²) < 4.78 is 25.5. The van der Waals surface area contributed by atoms with E-state index in [0.29, 0.717) is 56.0 Å². The molecule has 0 aliphatic carbocycles. The zero-order chi connectivity index (χ0) is 24.9. The Kier molecular flexibility index (Phi) is 7.32. The van der Waals surface area contributed by atoms with Crippen molar-refractivity contribution in [3.05, 3.63) is 24.0 Å². The van der Waals surface area contributed by atoms with Crippen LogP contribution in [-0.2, 0) is 9.53 Å². The first-order valence-corrected chi connectivity index (χ1v) is 11.4. The molecule has 2 aromatic rings. The van der Waals surface area contributed by atoms with Crippen molar-refractivity contribution in [2.24, 2.45) is 0 Å². The number of methoxy groups -OCH3 is 1.